The summed E-state index contributed by atoms with van der Waals surface area (Å²) < 4.78 is 31.8. The van der Waals surface area contributed by atoms with Gasteiger partial charge in [-0.25, -0.2) is 0 Å². The van der Waals surface area contributed by atoms with Crippen LogP contribution in [0.1, 0.15) is 12.0 Å². The standard InChI is InChI=1S/C14H15N3O3S/c1-20-13-8-9-14(16-15-13)21(18,19)17-10-4-6-11-5-2-3-7-12(11)17/h2-3,5,7-9H,4,6,10H2,1H3. The van der Waals surface area contributed by atoms with Crippen LogP contribution in [0, 0.1) is 0 Å². The molecule has 110 valence electrons. The van der Waals surface area contributed by atoms with Crippen molar-refractivity contribution in [3.63, 3.8) is 0 Å². The van der Waals surface area contributed by atoms with Crippen LogP contribution in [0.15, 0.2) is 41.4 Å². The maximum Gasteiger partial charge on any atom is 0.283 e. The number of methoxy groups -OCH3 is 1. The molecule has 0 fully saturated rings. The summed E-state index contributed by atoms with van der Waals surface area (Å²) in [4.78, 5) is 0. The summed E-state index contributed by atoms with van der Waals surface area (Å²) >= 11 is 0. The highest BCUT2D eigenvalue weighted by molar-refractivity contribution is 7.92. The van der Waals surface area contributed by atoms with Crippen molar-refractivity contribution in [3.8, 4) is 5.88 Å². The van der Waals surface area contributed by atoms with Crippen LogP contribution >= 0.6 is 0 Å². The van der Waals surface area contributed by atoms with Crippen molar-refractivity contribution in [2.45, 2.75) is 17.9 Å². The van der Waals surface area contributed by atoms with Gasteiger partial charge in [-0.15, -0.1) is 10.2 Å². The molecule has 0 spiro atoms. The molecule has 0 amide bonds. The van der Waals surface area contributed by atoms with Gasteiger partial charge in [0.15, 0.2) is 5.03 Å². The number of rotatable bonds is 3. The molecule has 1 aliphatic rings. The van der Waals surface area contributed by atoms with Crippen molar-refractivity contribution in [2.24, 2.45) is 0 Å². The Bertz CT molecular complexity index is 744. The van der Waals surface area contributed by atoms with E-state index in [0.717, 1.165) is 24.1 Å². The molecule has 6 nitrogen and oxygen atoms in total. The normalized spacial score (nSPS) is 14.6. The van der Waals surface area contributed by atoms with Crippen molar-refractivity contribution in [1.29, 1.82) is 0 Å². The van der Waals surface area contributed by atoms with Gasteiger partial charge in [0, 0.05) is 12.6 Å². The van der Waals surface area contributed by atoms with Gasteiger partial charge < -0.3 is 4.74 Å². The lowest BCUT2D eigenvalue weighted by atomic mass is 10.0. The van der Waals surface area contributed by atoms with E-state index in [2.05, 4.69) is 10.2 Å². The Hall–Kier alpha value is -2.15. The summed E-state index contributed by atoms with van der Waals surface area (Å²) in [6.45, 7) is 0.451. The fourth-order valence-corrected chi connectivity index (χ4v) is 3.83. The zero-order valence-corrected chi connectivity index (χ0v) is 12.4. The van der Waals surface area contributed by atoms with E-state index in [9.17, 15) is 8.42 Å². The zero-order valence-electron chi connectivity index (χ0n) is 11.6. The summed E-state index contributed by atoms with van der Waals surface area (Å²) in [5, 5.41) is 7.43. The number of sulfonamides is 1. The number of hydrogen-bond donors (Lipinski definition) is 0. The Morgan fingerprint density at radius 1 is 1.14 bits per heavy atom. The van der Waals surface area contributed by atoms with Crippen LogP contribution in [0.4, 0.5) is 5.69 Å². The highest BCUT2D eigenvalue weighted by Gasteiger charge is 2.30. The quantitative estimate of drug-likeness (QED) is 0.861. The van der Waals surface area contributed by atoms with Gasteiger partial charge in [0.05, 0.1) is 12.8 Å². The van der Waals surface area contributed by atoms with Gasteiger partial charge in [-0.1, -0.05) is 18.2 Å². The molecule has 21 heavy (non-hydrogen) atoms. The molecule has 2 aromatic rings. The highest BCUT2D eigenvalue weighted by atomic mass is 32.2. The molecule has 1 aromatic carbocycles. The number of hydrogen-bond acceptors (Lipinski definition) is 5. The van der Waals surface area contributed by atoms with E-state index in [1.165, 1.54) is 23.5 Å². The minimum absolute atomic E-state index is 0.0694. The molecule has 0 atom stereocenters. The van der Waals surface area contributed by atoms with Gasteiger partial charge in [0.25, 0.3) is 10.0 Å². The predicted octanol–water partition coefficient (Wildman–Crippen LogP) is 1.63. The molecular weight excluding hydrogens is 290 g/mol. The molecular formula is C14H15N3O3S. The van der Waals surface area contributed by atoms with Crippen LogP contribution in [-0.4, -0.2) is 32.3 Å². The van der Waals surface area contributed by atoms with Crippen LogP contribution in [0.25, 0.3) is 0 Å². The third-order valence-electron chi connectivity index (χ3n) is 3.45. The first-order valence-electron chi connectivity index (χ1n) is 6.61. The number of aromatic nitrogens is 2. The van der Waals surface area contributed by atoms with Gasteiger partial charge in [-0.2, -0.15) is 8.42 Å². The second-order valence-corrected chi connectivity index (χ2v) is 6.53. The number of fused-ring (bicyclic) bond motifs is 1. The summed E-state index contributed by atoms with van der Waals surface area (Å²) in [5.41, 5.74) is 1.76. The zero-order chi connectivity index (χ0) is 14.9. The van der Waals surface area contributed by atoms with E-state index in [4.69, 9.17) is 4.74 Å². The average Bonchev–Trinajstić information content (AvgIpc) is 2.54. The first-order valence-corrected chi connectivity index (χ1v) is 8.05. The predicted molar refractivity (Wildman–Crippen MR) is 77.9 cm³/mol. The monoisotopic (exact) mass is 305 g/mol. The van der Waals surface area contributed by atoms with Crippen molar-refractivity contribution in [1.82, 2.24) is 10.2 Å². The van der Waals surface area contributed by atoms with Gasteiger partial charge in [0.1, 0.15) is 0 Å². The molecule has 0 saturated heterocycles. The molecule has 0 unspecified atom stereocenters. The maximum absolute atomic E-state index is 12.7. The van der Waals surface area contributed by atoms with E-state index < -0.39 is 10.0 Å². The molecule has 0 aliphatic carbocycles. The molecule has 0 N–H and O–H groups in total. The first kappa shape index (κ1) is 13.8. The molecule has 0 bridgehead atoms. The fourth-order valence-electron chi connectivity index (χ4n) is 2.42. The van der Waals surface area contributed by atoms with Crippen LogP contribution in [0.2, 0.25) is 0 Å². The highest BCUT2D eigenvalue weighted by Crippen LogP contribution is 2.31. The second-order valence-electron chi connectivity index (χ2n) is 4.72. The van der Waals surface area contributed by atoms with E-state index in [1.807, 2.05) is 24.3 Å². The first-order chi connectivity index (χ1) is 10.1. The number of anilines is 1. The van der Waals surface area contributed by atoms with Crippen molar-refractivity contribution in [3.05, 3.63) is 42.0 Å². The maximum atomic E-state index is 12.7. The van der Waals surface area contributed by atoms with Crippen LogP contribution in [0.5, 0.6) is 5.88 Å². The third-order valence-corrected chi connectivity index (χ3v) is 5.15. The number of nitrogens with zero attached hydrogens (tertiary/aromatic N) is 3. The lowest BCUT2D eigenvalue weighted by Crippen LogP contribution is -2.36. The Morgan fingerprint density at radius 3 is 2.67 bits per heavy atom. The summed E-state index contributed by atoms with van der Waals surface area (Å²) in [5.74, 6) is 0.285. The van der Waals surface area contributed by atoms with E-state index in [1.54, 1.807) is 0 Å². The van der Waals surface area contributed by atoms with E-state index >= 15 is 0 Å². The van der Waals surface area contributed by atoms with Crippen molar-refractivity contribution in [2.75, 3.05) is 18.0 Å². The summed E-state index contributed by atoms with van der Waals surface area (Å²) in [7, 11) is -2.24. The average molecular weight is 305 g/mol. The second kappa shape index (κ2) is 5.33. The molecule has 1 aliphatic heterocycles. The molecule has 2 heterocycles. The van der Waals surface area contributed by atoms with Gasteiger partial charge >= 0.3 is 0 Å². The Morgan fingerprint density at radius 2 is 1.95 bits per heavy atom. The van der Waals surface area contributed by atoms with Gasteiger partial charge in [0.2, 0.25) is 5.88 Å². The largest absolute Gasteiger partial charge is 0.480 e. The Balaban J connectivity index is 2.02. The van der Waals surface area contributed by atoms with E-state index in [-0.39, 0.29) is 10.9 Å². The van der Waals surface area contributed by atoms with Crippen LogP contribution < -0.4 is 9.04 Å². The van der Waals surface area contributed by atoms with Crippen LogP contribution in [0.3, 0.4) is 0 Å². The fraction of sp³-hybridized carbons (Fsp3) is 0.286. The molecule has 0 saturated carbocycles. The lowest BCUT2D eigenvalue weighted by molar-refractivity contribution is 0.389. The molecule has 1 aromatic heterocycles. The van der Waals surface area contributed by atoms with Crippen molar-refractivity contribution >= 4 is 15.7 Å². The molecule has 0 radical (unpaired) electrons. The number of benzene rings is 1. The lowest BCUT2D eigenvalue weighted by Gasteiger charge is -2.29. The smallest absolute Gasteiger partial charge is 0.283 e. The number of para-hydroxylation sites is 1. The molecule has 7 heteroatoms. The molecule has 3 rings (SSSR count). The Kier molecular flexibility index (Phi) is 3.50. The SMILES string of the molecule is COc1ccc(S(=O)(=O)N2CCCc3ccccc32)nn1. The summed E-state index contributed by atoms with van der Waals surface area (Å²) in [6.07, 6.45) is 1.68. The van der Waals surface area contributed by atoms with Crippen molar-refractivity contribution < 1.29 is 13.2 Å². The van der Waals surface area contributed by atoms with Gasteiger partial charge in [-0.3, -0.25) is 4.31 Å². The third kappa shape index (κ3) is 2.44. The Labute approximate surface area is 123 Å². The van der Waals surface area contributed by atoms with Gasteiger partial charge in [-0.05, 0) is 30.5 Å². The minimum Gasteiger partial charge on any atom is -0.480 e. The minimum atomic E-state index is -3.70. The number of ether oxygens (including phenoxy) is 1. The van der Waals surface area contributed by atoms with E-state index in [0.29, 0.717) is 6.54 Å². The topological polar surface area (TPSA) is 72.4 Å². The summed E-state index contributed by atoms with van der Waals surface area (Å²) in [6, 6.07) is 10.4. The van der Waals surface area contributed by atoms with Crippen LogP contribution in [-0.2, 0) is 16.4 Å². The number of aryl methyl sites for hydroxylation is 1.